The second-order valence-corrected chi connectivity index (χ2v) is 5.67. The number of carbonyl (C=O) groups excluding carboxylic acids is 2. The lowest BCUT2D eigenvalue weighted by Crippen LogP contribution is -2.48. The Labute approximate surface area is 146 Å². The molecule has 0 fully saturated rings. The summed E-state index contributed by atoms with van der Waals surface area (Å²) in [6.45, 7) is 0.644. The zero-order chi connectivity index (χ0) is 18.2. The summed E-state index contributed by atoms with van der Waals surface area (Å²) in [7, 11) is 0. The molecule has 0 spiro atoms. The van der Waals surface area contributed by atoms with Gasteiger partial charge < -0.3 is 15.5 Å². The lowest BCUT2D eigenvalue weighted by molar-refractivity contribution is -0.130. The Bertz CT molecular complexity index is 736. The van der Waals surface area contributed by atoms with E-state index in [2.05, 4.69) is 5.32 Å². The number of carbonyl (C=O) groups is 2. The third-order valence-corrected chi connectivity index (χ3v) is 3.73. The van der Waals surface area contributed by atoms with E-state index in [0.29, 0.717) is 0 Å². The molecular formula is C20H21NO4. The average molecular weight is 339 g/mol. The molecule has 25 heavy (non-hydrogen) atoms. The maximum atomic E-state index is 11.9. The molecule has 130 valence electrons. The summed E-state index contributed by atoms with van der Waals surface area (Å²) in [4.78, 5) is 23.4. The first-order valence-corrected chi connectivity index (χ1v) is 7.97. The SMILES string of the molecule is C[C@@H](O)[C@H](NC(=O)/C=C/c1ccc(-c2ccccc2)cc1)C(=O)CO. The van der Waals surface area contributed by atoms with Crippen molar-refractivity contribution in [1.82, 2.24) is 5.32 Å². The van der Waals surface area contributed by atoms with Gasteiger partial charge in [-0.2, -0.15) is 0 Å². The minimum absolute atomic E-state index is 0.514. The minimum Gasteiger partial charge on any atom is -0.391 e. The van der Waals surface area contributed by atoms with Gasteiger partial charge in [0.05, 0.1) is 6.10 Å². The molecule has 5 nitrogen and oxygen atoms in total. The van der Waals surface area contributed by atoms with E-state index in [1.165, 1.54) is 13.0 Å². The molecule has 0 aliphatic rings. The van der Waals surface area contributed by atoms with Crippen LogP contribution in [0.5, 0.6) is 0 Å². The fourth-order valence-electron chi connectivity index (χ4n) is 2.36. The van der Waals surface area contributed by atoms with Gasteiger partial charge in [0, 0.05) is 6.08 Å². The van der Waals surface area contributed by atoms with Crippen molar-refractivity contribution in [2.75, 3.05) is 6.61 Å². The van der Waals surface area contributed by atoms with Gasteiger partial charge in [-0.15, -0.1) is 0 Å². The number of ketones is 1. The van der Waals surface area contributed by atoms with Gasteiger partial charge in [0.15, 0.2) is 5.78 Å². The minimum atomic E-state index is -1.12. The Morgan fingerprint density at radius 3 is 2.20 bits per heavy atom. The van der Waals surface area contributed by atoms with Gasteiger partial charge in [0.2, 0.25) is 5.91 Å². The maximum absolute atomic E-state index is 11.9. The van der Waals surface area contributed by atoms with E-state index in [4.69, 9.17) is 5.11 Å². The van der Waals surface area contributed by atoms with Gasteiger partial charge in [-0.3, -0.25) is 9.59 Å². The highest BCUT2D eigenvalue weighted by Gasteiger charge is 2.23. The van der Waals surface area contributed by atoms with E-state index in [-0.39, 0.29) is 0 Å². The third kappa shape index (κ3) is 5.38. The molecule has 0 aliphatic carbocycles. The van der Waals surface area contributed by atoms with Crippen LogP contribution in [0.2, 0.25) is 0 Å². The van der Waals surface area contributed by atoms with Crippen molar-refractivity contribution >= 4 is 17.8 Å². The quantitative estimate of drug-likeness (QED) is 0.671. The second-order valence-electron chi connectivity index (χ2n) is 5.67. The number of hydrogen-bond acceptors (Lipinski definition) is 4. The van der Waals surface area contributed by atoms with E-state index in [1.807, 2.05) is 54.6 Å². The normalized spacial score (nSPS) is 13.4. The summed E-state index contributed by atoms with van der Waals surface area (Å²) < 4.78 is 0. The van der Waals surface area contributed by atoms with Crippen LogP contribution in [0.4, 0.5) is 0 Å². The van der Waals surface area contributed by atoms with Crippen molar-refractivity contribution in [3.63, 3.8) is 0 Å². The summed E-state index contributed by atoms with van der Waals surface area (Å²) in [5.74, 6) is -1.15. The number of aliphatic hydroxyl groups excluding tert-OH is 2. The molecule has 2 atom stereocenters. The summed E-state index contributed by atoms with van der Waals surface area (Å²) >= 11 is 0. The number of Topliss-reactive ketones (excluding diaryl/α,β-unsaturated/α-hetero) is 1. The highest BCUT2D eigenvalue weighted by atomic mass is 16.3. The molecule has 0 saturated heterocycles. The van der Waals surface area contributed by atoms with Gasteiger partial charge in [0.25, 0.3) is 0 Å². The predicted octanol–water partition coefficient (Wildman–Crippen LogP) is 1.79. The smallest absolute Gasteiger partial charge is 0.244 e. The van der Waals surface area contributed by atoms with Gasteiger partial charge in [-0.1, -0.05) is 54.6 Å². The maximum Gasteiger partial charge on any atom is 0.244 e. The van der Waals surface area contributed by atoms with Crippen LogP contribution in [0.1, 0.15) is 12.5 Å². The van der Waals surface area contributed by atoms with E-state index in [0.717, 1.165) is 16.7 Å². The topological polar surface area (TPSA) is 86.6 Å². The van der Waals surface area contributed by atoms with Crippen molar-refractivity contribution in [2.24, 2.45) is 0 Å². The number of benzene rings is 2. The van der Waals surface area contributed by atoms with E-state index >= 15 is 0 Å². The molecule has 5 heteroatoms. The zero-order valence-corrected chi connectivity index (χ0v) is 13.9. The van der Waals surface area contributed by atoms with Crippen molar-refractivity contribution in [3.8, 4) is 11.1 Å². The van der Waals surface area contributed by atoms with E-state index in [9.17, 15) is 14.7 Å². The Kier molecular flexibility index (Phi) is 6.62. The highest BCUT2D eigenvalue weighted by Crippen LogP contribution is 2.19. The molecule has 0 bridgehead atoms. The van der Waals surface area contributed by atoms with Crippen LogP contribution in [0, 0.1) is 0 Å². The van der Waals surface area contributed by atoms with Crippen LogP contribution >= 0.6 is 0 Å². The number of nitrogens with one attached hydrogen (secondary N) is 1. The first-order chi connectivity index (χ1) is 12.0. The van der Waals surface area contributed by atoms with Crippen molar-refractivity contribution in [2.45, 2.75) is 19.1 Å². The lowest BCUT2D eigenvalue weighted by atomic mass is 10.0. The van der Waals surface area contributed by atoms with Crippen LogP contribution in [0.25, 0.3) is 17.2 Å². The van der Waals surface area contributed by atoms with Gasteiger partial charge in [-0.25, -0.2) is 0 Å². The number of aliphatic hydroxyl groups is 2. The number of rotatable bonds is 7. The standard InChI is InChI=1S/C20H21NO4/c1-14(23)20(18(24)13-22)21-19(25)12-9-15-7-10-17(11-8-15)16-5-3-2-4-6-16/h2-12,14,20,22-23H,13H2,1H3,(H,21,25)/b12-9+/t14-,20+/m1/s1. The molecule has 0 radical (unpaired) electrons. The fourth-order valence-corrected chi connectivity index (χ4v) is 2.36. The lowest BCUT2D eigenvalue weighted by Gasteiger charge is -2.18. The van der Waals surface area contributed by atoms with E-state index < -0.39 is 30.4 Å². The van der Waals surface area contributed by atoms with Crippen LogP contribution in [0.3, 0.4) is 0 Å². The molecular weight excluding hydrogens is 318 g/mol. The monoisotopic (exact) mass is 339 g/mol. The van der Waals surface area contributed by atoms with Crippen LogP contribution in [-0.2, 0) is 9.59 Å². The van der Waals surface area contributed by atoms with Crippen molar-refractivity contribution < 1.29 is 19.8 Å². The Hall–Kier alpha value is -2.76. The predicted molar refractivity (Wildman–Crippen MR) is 96.6 cm³/mol. The molecule has 2 rings (SSSR count). The molecule has 0 unspecified atom stereocenters. The van der Waals surface area contributed by atoms with Crippen molar-refractivity contribution in [3.05, 3.63) is 66.2 Å². The zero-order valence-electron chi connectivity index (χ0n) is 13.9. The number of amides is 1. The molecule has 0 aromatic heterocycles. The summed E-state index contributed by atoms with van der Waals surface area (Å²) in [6, 6.07) is 16.5. The molecule has 2 aromatic rings. The van der Waals surface area contributed by atoms with Crippen LogP contribution in [0.15, 0.2) is 60.7 Å². The third-order valence-electron chi connectivity index (χ3n) is 3.73. The molecule has 3 N–H and O–H groups in total. The van der Waals surface area contributed by atoms with Gasteiger partial charge >= 0.3 is 0 Å². The summed E-state index contributed by atoms with van der Waals surface area (Å²) in [5, 5.41) is 20.8. The second kappa shape index (κ2) is 8.92. The summed E-state index contributed by atoms with van der Waals surface area (Å²) in [6.07, 6.45) is 1.83. The number of hydrogen-bond donors (Lipinski definition) is 3. The first kappa shape index (κ1) is 18.6. The van der Waals surface area contributed by atoms with Gasteiger partial charge in [-0.05, 0) is 29.7 Å². The van der Waals surface area contributed by atoms with Crippen molar-refractivity contribution in [1.29, 1.82) is 0 Å². The largest absolute Gasteiger partial charge is 0.391 e. The molecule has 2 aromatic carbocycles. The van der Waals surface area contributed by atoms with Gasteiger partial charge in [0.1, 0.15) is 12.6 Å². The van der Waals surface area contributed by atoms with Crippen LogP contribution < -0.4 is 5.32 Å². The Balaban J connectivity index is 2.01. The molecule has 0 saturated carbocycles. The summed E-state index contributed by atoms with van der Waals surface area (Å²) in [5.41, 5.74) is 3.01. The first-order valence-electron chi connectivity index (χ1n) is 7.97. The Morgan fingerprint density at radius 2 is 1.64 bits per heavy atom. The van der Waals surface area contributed by atoms with Crippen LogP contribution in [-0.4, -0.2) is 40.7 Å². The van der Waals surface area contributed by atoms with E-state index in [1.54, 1.807) is 6.08 Å². The molecule has 1 amide bonds. The fraction of sp³-hybridized carbons (Fsp3) is 0.200. The molecule has 0 heterocycles. The highest BCUT2D eigenvalue weighted by molar-refractivity contribution is 5.96. The Morgan fingerprint density at radius 1 is 1.04 bits per heavy atom. The molecule has 0 aliphatic heterocycles. The average Bonchev–Trinajstić information content (AvgIpc) is 2.64.